The molecular weight excluding hydrogens is 356 g/mol. The number of aliphatic hydroxyl groups excluding tert-OH is 2. The number of hydrogen-bond donors (Lipinski definition) is 4. The van der Waals surface area contributed by atoms with Gasteiger partial charge in [0.15, 0.2) is 23.2 Å². The molecule has 0 bridgehead atoms. The monoisotopic (exact) mass is 378 g/mol. The third-order valence-corrected chi connectivity index (χ3v) is 5.38. The van der Waals surface area contributed by atoms with E-state index in [2.05, 4.69) is 15.0 Å². The Morgan fingerprint density at radius 3 is 2.89 bits per heavy atom. The number of nitrogens with zero attached hydrogens (tertiary/aromatic N) is 5. The van der Waals surface area contributed by atoms with Gasteiger partial charge in [0.05, 0.1) is 12.9 Å². The zero-order valence-electron chi connectivity index (χ0n) is 14.8. The van der Waals surface area contributed by atoms with Gasteiger partial charge in [-0.2, -0.15) is 0 Å². The number of nitrogens with two attached hydrogens (primary N) is 1. The summed E-state index contributed by atoms with van der Waals surface area (Å²) in [5.74, 6) is 0.0617. The molecule has 0 aromatic carbocycles. The van der Waals surface area contributed by atoms with E-state index in [0.717, 1.165) is 6.42 Å². The Morgan fingerprint density at radius 1 is 1.44 bits per heavy atom. The number of carbonyl (C=O) groups is 1. The average Bonchev–Trinajstić information content (AvgIpc) is 3.33. The van der Waals surface area contributed by atoms with E-state index in [1.54, 1.807) is 0 Å². The lowest BCUT2D eigenvalue weighted by Crippen LogP contribution is -2.44. The van der Waals surface area contributed by atoms with Crippen molar-refractivity contribution in [2.24, 2.45) is 5.73 Å². The van der Waals surface area contributed by atoms with E-state index in [9.17, 15) is 20.1 Å². The van der Waals surface area contributed by atoms with Gasteiger partial charge in [-0.15, -0.1) is 0 Å². The molecule has 2 fully saturated rings. The van der Waals surface area contributed by atoms with E-state index in [1.807, 2.05) is 4.90 Å². The number of primary amides is 1. The third-order valence-electron chi connectivity index (χ3n) is 5.38. The van der Waals surface area contributed by atoms with Crippen molar-refractivity contribution in [3.63, 3.8) is 0 Å². The fraction of sp³-hybridized carbons (Fsp3) is 0.625. The van der Waals surface area contributed by atoms with Crippen LogP contribution >= 0.6 is 0 Å². The van der Waals surface area contributed by atoms with Crippen LogP contribution in [-0.4, -0.2) is 77.7 Å². The Hall–Kier alpha value is -2.34. The molecule has 0 saturated carbocycles. The van der Waals surface area contributed by atoms with Gasteiger partial charge in [0.25, 0.3) is 0 Å². The molecule has 4 rings (SSSR count). The van der Waals surface area contributed by atoms with E-state index < -0.39 is 42.6 Å². The summed E-state index contributed by atoms with van der Waals surface area (Å²) in [4.78, 5) is 26.4. The lowest BCUT2D eigenvalue weighted by molar-refractivity contribution is -0.119. The van der Waals surface area contributed by atoms with Gasteiger partial charge >= 0.3 is 0 Å². The van der Waals surface area contributed by atoms with Crippen molar-refractivity contribution in [1.29, 1.82) is 0 Å². The van der Waals surface area contributed by atoms with Crippen LogP contribution in [0.25, 0.3) is 11.2 Å². The van der Waals surface area contributed by atoms with Crippen LogP contribution in [0.3, 0.4) is 0 Å². The molecule has 2 saturated heterocycles. The number of aromatic nitrogens is 4. The number of carbonyl (C=O) groups excluding carboxylic acids is 1. The van der Waals surface area contributed by atoms with Crippen LogP contribution in [0.4, 0.5) is 5.82 Å². The first kappa shape index (κ1) is 18.0. The minimum atomic E-state index is -1.66. The summed E-state index contributed by atoms with van der Waals surface area (Å²) in [7, 11) is 0. The summed E-state index contributed by atoms with van der Waals surface area (Å²) in [5.41, 5.74) is 4.66. The summed E-state index contributed by atoms with van der Waals surface area (Å²) >= 11 is 0. The molecule has 146 valence electrons. The third kappa shape index (κ3) is 2.65. The minimum absolute atomic E-state index is 0.381. The number of anilines is 1. The first-order valence-corrected chi connectivity index (χ1v) is 8.76. The highest BCUT2D eigenvalue weighted by Gasteiger charge is 2.53. The van der Waals surface area contributed by atoms with Gasteiger partial charge in [0.2, 0.25) is 5.91 Å². The smallest absolute Gasteiger partial charge is 0.240 e. The first-order valence-electron chi connectivity index (χ1n) is 8.76. The molecule has 27 heavy (non-hydrogen) atoms. The fourth-order valence-corrected chi connectivity index (χ4v) is 3.93. The Balaban J connectivity index is 1.77. The molecule has 2 aromatic heterocycles. The lowest BCUT2D eigenvalue weighted by atomic mass is 9.96. The number of fused-ring (bicyclic) bond motifs is 1. The number of hydrogen-bond acceptors (Lipinski definition) is 9. The van der Waals surface area contributed by atoms with Crippen molar-refractivity contribution < 1.29 is 24.9 Å². The van der Waals surface area contributed by atoms with Crippen LogP contribution in [0.5, 0.6) is 0 Å². The van der Waals surface area contributed by atoms with E-state index in [-0.39, 0.29) is 0 Å². The molecule has 1 unspecified atom stereocenters. The molecule has 4 heterocycles. The largest absolute Gasteiger partial charge is 0.394 e. The normalized spacial score (nSPS) is 33.9. The SMILES string of the molecule is C[C@@]1(O)[C@H](O)[C@@H](CO)O[C@H]1n1cnc2c(N3CCCC3C(N)=O)ncnc21. The predicted molar refractivity (Wildman–Crippen MR) is 92.5 cm³/mol. The summed E-state index contributed by atoms with van der Waals surface area (Å²) < 4.78 is 7.13. The van der Waals surface area contributed by atoms with Crippen LogP contribution in [0, 0.1) is 0 Å². The molecule has 11 nitrogen and oxygen atoms in total. The van der Waals surface area contributed by atoms with Crippen LogP contribution in [0.15, 0.2) is 12.7 Å². The van der Waals surface area contributed by atoms with Crippen LogP contribution in [0.2, 0.25) is 0 Å². The highest BCUT2D eigenvalue weighted by Crippen LogP contribution is 2.40. The molecule has 11 heteroatoms. The molecule has 5 atom stereocenters. The highest BCUT2D eigenvalue weighted by molar-refractivity contribution is 5.89. The molecule has 0 aliphatic carbocycles. The summed E-state index contributed by atoms with van der Waals surface area (Å²) in [5, 5.41) is 30.3. The van der Waals surface area contributed by atoms with Gasteiger partial charge in [-0.25, -0.2) is 15.0 Å². The maximum absolute atomic E-state index is 11.7. The Labute approximate surface area is 154 Å². The van der Waals surface area contributed by atoms with Crippen molar-refractivity contribution in [2.45, 2.75) is 49.8 Å². The Kier molecular flexibility index (Phi) is 4.26. The van der Waals surface area contributed by atoms with Gasteiger partial charge < -0.3 is 30.7 Å². The molecule has 2 aliphatic rings. The molecule has 0 spiro atoms. The van der Waals surface area contributed by atoms with Gasteiger partial charge in [0, 0.05) is 6.54 Å². The summed E-state index contributed by atoms with van der Waals surface area (Å²) in [6.07, 6.45) is 1.03. The van der Waals surface area contributed by atoms with E-state index >= 15 is 0 Å². The first-order chi connectivity index (χ1) is 12.9. The topological polar surface area (TPSA) is 160 Å². The Bertz CT molecular complexity index is 870. The van der Waals surface area contributed by atoms with Gasteiger partial charge in [0.1, 0.15) is 30.2 Å². The quantitative estimate of drug-likeness (QED) is 0.485. The average molecular weight is 378 g/mol. The lowest BCUT2D eigenvalue weighted by Gasteiger charge is -2.27. The second kappa shape index (κ2) is 6.37. The molecule has 2 aliphatic heterocycles. The maximum atomic E-state index is 11.7. The van der Waals surface area contributed by atoms with Crippen molar-refractivity contribution in [3.8, 4) is 0 Å². The molecule has 1 amide bonds. The number of ether oxygens (including phenoxy) is 1. The van der Waals surface area contributed by atoms with E-state index in [1.165, 1.54) is 24.1 Å². The molecule has 5 N–H and O–H groups in total. The minimum Gasteiger partial charge on any atom is -0.394 e. The number of imidazole rings is 1. The molecule has 2 aromatic rings. The standard InChI is InChI=1S/C16H22N6O5/c1-16(26)11(24)9(5-23)27-15(16)22-7-20-10-13(18-6-19-14(10)22)21-4-2-3-8(21)12(17)25/h6-9,11,15,23-24,26H,2-5H2,1H3,(H2,17,25)/t8?,9-,11-,15-,16-/m1/s1. The van der Waals surface area contributed by atoms with Crippen molar-refractivity contribution >= 4 is 22.9 Å². The predicted octanol–water partition coefficient (Wildman–Crippen LogP) is -1.72. The zero-order chi connectivity index (χ0) is 19.3. The van der Waals surface area contributed by atoms with Crippen LogP contribution in [-0.2, 0) is 9.53 Å². The van der Waals surface area contributed by atoms with Crippen LogP contribution in [0.1, 0.15) is 26.0 Å². The second-order valence-corrected chi connectivity index (χ2v) is 7.16. The van der Waals surface area contributed by atoms with Crippen molar-refractivity contribution in [1.82, 2.24) is 19.5 Å². The number of rotatable bonds is 4. The molecule has 0 radical (unpaired) electrons. The van der Waals surface area contributed by atoms with Crippen LogP contribution < -0.4 is 10.6 Å². The van der Waals surface area contributed by atoms with E-state index in [0.29, 0.717) is 29.9 Å². The van der Waals surface area contributed by atoms with Crippen molar-refractivity contribution in [3.05, 3.63) is 12.7 Å². The summed E-state index contributed by atoms with van der Waals surface area (Å²) in [6.45, 7) is 1.61. The fourth-order valence-electron chi connectivity index (χ4n) is 3.93. The number of aliphatic hydroxyl groups is 3. The maximum Gasteiger partial charge on any atom is 0.240 e. The highest BCUT2D eigenvalue weighted by atomic mass is 16.6. The van der Waals surface area contributed by atoms with Gasteiger partial charge in [-0.05, 0) is 19.8 Å². The van der Waals surface area contributed by atoms with Gasteiger partial charge in [-0.3, -0.25) is 9.36 Å². The van der Waals surface area contributed by atoms with Crippen molar-refractivity contribution in [2.75, 3.05) is 18.1 Å². The Morgan fingerprint density at radius 2 is 2.22 bits per heavy atom. The van der Waals surface area contributed by atoms with Gasteiger partial charge in [-0.1, -0.05) is 0 Å². The summed E-state index contributed by atoms with van der Waals surface area (Å²) in [6, 6.07) is -0.459. The second-order valence-electron chi connectivity index (χ2n) is 7.16. The van der Waals surface area contributed by atoms with E-state index in [4.69, 9.17) is 10.5 Å². The molecular formula is C16H22N6O5. The zero-order valence-corrected chi connectivity index (χ0v) is 14.8. The number of amides is 1.